The molecule has 2 heterocycles. The first-order valence-electron chi connectivity index (χ1n) is 8.04. The van der Waals surface area contributed by atoms with E-state index in [0.29, 0.717) is 24.1 Å². The first kappa shape index (κ1) is 15.5. The van der Waals surface area contributed by atoms with Gasteiger partial charge in [-0.3, -0.25) is 4.79 Å². The Morgan fingerprint density at radius 3 is 2.91 bits per heavy atom. The molecule has 1 aliphatic rings. The molecule has 1 N–H and O–H groups in total. The van der Waals surface area contributed by atoms with Crippen molar-refractivity contribution in [2.24, 2.45) is 5.92 Å². The smallest absolute Gasteiger partial charge is 0.270 e. The SMILES string of the molecule is CC(C)CNC(=O)c1ccnc(N2c3ccccc3CC2C)n1. The number of rotatable bonds is 4. The zero-order valence-corrected chi connectivity index (χ0v) is 13.8. The molecule has 0 aliphatic carbocycles. The Morgan fingerprint density at radius 1 is 1.35 bits per heavy atom. The zero-order valence-electron chi connectivity index (χ0n) is 13.8. The van der Waals surface area contributed by atoms with E-state index < -0.39 is 0 Å². The number of amides is 1. The minimum absolute atomic E-state index is 0.150. The summed E-state index contributed by atoms with van der Waals surface area (Å²) in [7, 11) is 0. The van der Waals surface area contributed by atoms with Crippen LogP contribution >= 0.6 is 0 Å². The quantitative estimate of drug-likeness (QED) is 0.943. The van der Waals surface area contributed by atoms with Crippen molar-refractivity contribution in [3.05, 3.63) is 47.8 Å². The lowest BCUT2D eigenvalue weighted by Gasteiger charge is -2.22. The molecule has 1 atom stereocenters. The van der Waals surface area contributed by atoms with Crippen molar-refractivity contribution >= 4 is 17.5 Å². The summed E-state index contributed by atoms with van der Waals surface area (Å²) in [5.74, 6) is 0.841. The lowest BCUT2D eigenvalue weighted by molar-refractivity contribution is 0.0944. The summed E-state index contributed by atoms with van der Waals surface area (Å²) >= 11 is 0. The van der Waals surface area contributed by atoms with E-state index >= 15 is 0 Å². The second-order valence-electron chi connectivity index (χ2n) is 6.40. The van der Waals surface area contributed by atoms with Gasteiger partial charge in [-0.1, -0.05) is 32.0 Å². The highest BCUT2D eigenvalue weighted by atomic mass is 16.1. The molecule has 0 radical (unpaired) electrons. The molecular weight excluding hydrogens is 288 g/mol. The number of nitrogens with one attached hydrogen (secondary N) is 1. The highest BCUT2D eigenvalue weighted by Gasteiger charge is 2.29. The molecule has 1 aromatic carbocycles. The lowest BCUT2D eigenvalue weighted by atomic mass is 10.1. The van der Waals surface area contributed by atoms with Gasteiger partial charge in [0.1, 0.15) is 5.69 Å². The fourth-order valence-corrected chi connectivity index (χ4v) is 2.85. The second kappa shape index (κ2) is 6.36. The Hall–Kier alpha value is -2.43. The maximum absolute atomic E-state index is 12.2. The maximum Gasteiger partial charge on any atom is 0.270 e. The summed E-state index contributed by atoms with van der Waals surface area (Å²) in [6, 6.07) is 10.2. The van der Waals surface area contributed by atoms with E-state index in [1.54, 1.807) is 12.3 Å². The summed E-state index contributed by atoms with van der Waals surface area (Å²) in [4.78, 5) is 23.2. The molecule has 0 saturated heterocycles. The fraction of sp³-hybridized carbons (Fsp3) is 0.389. The third-order valence-corrected chi connectivity index (χ3v) is 3.97. The largest absolute Gasteiger partial charge is 0.350 e. The van der Waals surface area contributed by atoms with Gasteiger partial charge in [0.15, 0.2) is 0 Å². The van der Waals surface area contributed by atoms with Crippen LogP contribution in [0.2, 0.25) is 0 Å². The Bertz CT molecular complexity index is 714. The molecule has 1 aromatic heterocycles. The Kier molecular flexibility index (Phi) is 4.28. The minimum atomic E-state index is -0.150. The van der Waals surface area contributed by atoms with Crippen molar-refractivity contribution in [1.82, 2.24) is 15.3 Å². The molecule has 1 aliphatic heterocycles. The molecule has 1 unspecified atom stereocenters. The van der Waals surface area contributed by atoms with Crippen molar-refractivity contribution < 1.29 is 4.79 Å². The van der Waals surface area contributed by atoms with E-state index in [0.717, 1.165) is 12.1 Å². The normalized spacial score (nSPS) is 16.5. The van der Waals surface area contributed by atoms with E-state index in [9.17, 15) is 4.79 Å². The molecule has 1 amide bonds. The van der Waals surface area contributed by atoms with E-state index in [4.69, 9.17) is 0 Å². The third-order valence-electron chi connectivity index (χ3n) is 3.97. The number of hydrogen-bond donors (Lipinski definition) is 1. The molecule has 0 bridgehead atoms. The van der Waals surface area contributed by atoms with Gasteiger partial charge < -0.3 is 10.2 Å². The van der Waals surface area contributed by atoms with Crippen LogP contribution in [-0.4, -0.2) is 28.5 Å². The van der Waals surface area contributed by atoms with Gasteiger partial charge in [0.2, 0.25) is 5.95 Å². The van der Waals surface area contributed by atoms with Crippen LogP contribution in [0, 0.1) is 5.92 Å². The molecule has 5 heteroatoms. The van der Waals surface area contributed by atoms with Crippen LogP contribution in [0.25, 0.3) is 0 Å². The predicted molar refractivity (Wildman–Crippen MR) is 91.0 cm³/mol. The molecule has 2 aromatic rings. The number of para-hydroxylation sites is 1. The summed E-state index contributed by atoms with van der Waals surface area (Å²) in [6.07, 6.45) is 2.61. The van der Waals surface area contributed by atoms with Crippen LogP contribution in [0.15, 0.2) is 36.5 Å². The van der Waals surface area contributed by atoms with Gasteiger partial charge in [-0.25, -0.2) is 9.97 Å². The standard InChI is InChI=1S/C18H22N4O/c1-12(2)11-20-17(23)15-8-9-19-18(21-15)22-13(3)10-14-6-4-5-7-16(14)22/h4-9,12-13H,10-11H2,1-3H3,(H,20,23). The van der Waals surface area contributed by atoms with Crippen molar-refractivity contribution in [2.75, 3.05) is 11.4 Å². The van der Waals surface area contributed by atoms with Crippen molar-refractivity contribution in [2.45, 2.75) is 33.2 Å². The van der Waals surface area contributed by atoms with Crippen LogP contribution in [0.3, 0.4) is 0 Å². The first-order valence-corrected chi connectivity index (χ1v) is 8.04. The van der Waals surface area contributed by atoms with Gasteiger partial charge in [-0.15, -0.1) is 0 Å². The van der Waals surface area contributed by atoms with Gasteiger partial charge in [-0.05, 0) is 37.0 Å². The van der Waals surface area contributed by atoms with Crippen molar-refractivity contribution in [3.63, 3.8) is 0 Å². The van der Waals surface area contributed by atoms with Gasteiger partial charge in [0.05, 0.1) is 0 Å². The summed E-state index contributed by atoms with van der Waals surface area (Å²) in [6.45, 7) is 6.92. The number of carbonyl (C=O) groups excluding carboxylic acids is 1. The van der Waals surface area contributed by atoms with Gasteiger partial charge in [0.25, 0.3) is 5.91 Å². The Morgan fingerprint density at radius 2 is 2.13 bits per heavy atom. The molecule has 0 saturated carbocycles. The van der Waals surface area contributed by atoms with Gasteiger partial charge >= 0.3 is 0 Å². The van der Waals surface area contributed by atoms with Gasteiger partial charge in [-0.2, -0.15) is 0 Å². The Labute approximate surface area is 136 Å². The predicted octanol–water partition coefficient (Wildman–Crippen LogP) is 2.95. The van der Waals surface area contributed by atoms with Crippen molar-refractivity contribution in [3.8, 4) is 0 Å². The molecule has 0 spiro atoms. The fourth-order valence-electron chi connectivity index (χ4n) is 2.85. The first-order chi connectivity index (χ1) is 11.1. The Balaban J connectivity index is 1.87. The molecule has 23 heavy (non-hydrogen) atoms. The van der Waals surface area contributed by atoms with Crippen LogP contribution in [0.1, 0.15) is 36.8 Å². The summed E-state index contributed by atoms with van der Waals surface area (Å²) in [5.41, 5.74) is 2.82. The number of benzene rings is 1. The average Bonchev–Trinajstić information content (AvgIpc) is 2.88. The lowest BCUT2D eigenvalue weighted by Crippen LogP contribution is -2.30. The molecule has 3 rings (SSSR count). The van der Waals surface area contributed by atoms with Gasteiger partial charge in [0, 0.05) is 24.5 Å². The van der Waals surface area contributed by atoms with Crippen LogP contribution in [0.5, 0.6) is 0 Å². The number of fused-ring (bicyclic) bond motifs is 1. The number of aromatic nitrogens is 2. The average molecular weight is 310 g/mol. The summed E-state index contributed by atoms with van der Waals surface area (Å²) < 4.78 is 0. The maximum atomic E-state index is 12.2. The molecular formula is C18H22N4O. The molecule has 0 fully saturated rings. The van der Waals surface area contributed by atoms with Crippen molar-refractivity contribution in [1.29, 1.82) is 0 Å². The third kappa shape index (κ3) is 3.18. The number of hydrogen-bond acceptors (Lipinski definition) is 4. The monoisotopic (exact) mass is 310 g/mol. The highest BCUT2D eigenvalue weighted by molar-refractivity contribution is 5.92. The number of anilines is 2. The van der Waals surface area contributed by atoms with E-state index in [-0.39, 0.29) is 11.9 Å². The van der Waals surface area contributed by atoms with Crippen LogP contribution in [0.4, 0.5) is 11.6 Å². The van der Waals surface area contributed by atoms with Crippen LogP contribution in [-0.2, 0) is 6.42 Å². The minimum Gasteiger partial charge on any atom is -0.350 e. The summed E-state index contributed by atoms with van der Waals surface area (Å²) in [5, 5.41) is 2.90. The number of carbonyl (C=O) groups is 1. The van der Waals surface area contributed by atoms with E-state index in [1.807, 2.05) is 12.1 Å². The topological polar surface area (TPSA) is 58.1 Å². The van der Waals surface area contributed by atoms with E-state index in [1.165, 1.54) is 5.56 Å². The second-order valence-corrected chi connectivity index (χ2v) is 6.40. The zero-order chi connectivity index (χ0) is 16.4. The van der Waals surface area contributed by atoms with Crippen LogP contribution < -0.4 is 10.2 Å². The molecule has 120 valence electrons. The van der Waals surface area contributed by atoms with E-state index in [2.05, 4.69) is 53.1 Å². The molecule has 5 nitrogen and oxygen atoms in total. The highest BCUT2D eigenvalue weighted by Crippen LogP contribution is 2.36. The number of nitrogens with zero attached hydrogens (tertiary/aromatic N) is 3.